The van der Waals surface area contributed by atoms with E-state index in [0.717, 1.165) is 6.26 Å². The van der Waals surface area contributed by atoms with Crippen molar-refractivity contribution in [2.75, 3.05) is 19.3 Å². The Morgan fingerprint density at radius 3 is 2.06 bits per heavy atom. The second-order valence-corrected chi connectivity index (χ2v) is 6.82. The van der Waals surface area contributed by atoms with Gasteiger partial charge in [0.15, 0.2) is 9.84 Å². The van der Waals surface area contributed by atoms with Gasteiger partial charge in [-0.15, -0.1) is 0 Å². The molecule has 2 N–H and O–H groups in total. The van der Waals surface area contributed by atoms with E-state index in [-0.39, 0.29) is 0 Å². The topological polar surface area (TPSA) is 112 Å². The van der Waals surface area contributed by atoms with Crippen molar-refractivity contribution in [3.05, 3.63) is 0 Å². The number of hydrogen-bond donors (Lipinski definition) is 2. The minimum absolute atomic E-state index is 0.455. The maximum absolute atomic E-state index is 11.6. The minimum Gasteiger partial charge on any atom is -0.480 e. The monoisotopic (exact) mass is 279 g/mol. The van der Waals surface area contributed by atoms with E-state index in [1.165, 1.54) is 4.90 Å². The quantitative estimate of drug-likeness (QED) is 0.669. The molecule has 0 radical (unpaired) electrons. The fourth-order valence-corrected chi connectivity index (χ4v) is 3.94. The van der Waals surface area contributed by atoms with Gasteiger partial charge in [0.25, 0.3) is 0 Å². The summed E-state index contributed by atoms with van der Waals surface area (Å²) in [6.45, 7) is -0.911. The first-order valence-corrected chi connectivity index (χ1v) is 7.53. The van der Waals surface area contributed by atoms with Crippen LogP contribution in [0.3, 0.4) is 0 Å². The SMILES string of the molecule is CS(=O)(=O)C1CCCC1N(CC(=O)O)CC(=O)O. The van der Waals surface area contributed by atoms with Crippen molar-refractivity contribution in [3.63, 3.8) is 0 Å². The summed E-state index contributed by atoms with van der Waals surface area (Å²) in [5, 5.41) is 16.9. The Morgan fingerprint density at radius 2 is 1.67 bits per heavy atom. The molecule has 0 aromatic heterocycles. The van der Waals surface area contributed by atoms with Crippen molar-refractivity contribution in [2.24, 2.45) is 0 Å². The molecule has 18 heavy (non-hydrogen) atoms. The lowest BCUT2D eigenvalue weighted by Gasteiger charge is -2.29. The predicted molar refractivity (Wildman–Crippen MR) is 63.1 cm³/mol. The minimum atomic E-state index is -3.30. The molecule has 0 spiro atoms. The van der Waals surface area contributed by atoms with Crippen molar-refractivity contribution in [1.29, 1.82) is 0 Å². The zero-order valence-corrected chi connectivity index (χ0v) is 10.9. The van der Waals surface area contributed by atoms with Gasteiger partial charge in [-0.3, -0.25) is 14.5 Å². The van der Waals surface area contributed by atoms with E-state index in [1.54, 1.807) is 0 Å². The Morgan fingerprint density at radius 1 is 1.17 bits per heavy atom. The van der Waals surface area contributed by atoms with E-state index in [2.05, 4.69) is 0 Å². The van der Waals surface area contributed by atoms with E-state index in [4.69, 9.17) is 10.2 Å². The molecule has 1 aliphatic rings. The summed E-state index contributed by atoms with van der Waals surface area (Å²) < 4.78 is 23.2. The molecule has 0 bridgehead atoms. The van der Waals surface area contributed by atoms with Gasteiger partial charge < -0.3 is 10.2 Å². The number of sulfone groups is 1. The van der Waals surface area contributed by atoms with Crippen LogP contribution in [0.2, 0.25) is 0 Å². The average molecular weight is 279 g/mol. The summed E-state index contributed by atoms with van der Waals surface area (Å²) in [6, 6.07) is -0.521. The second-order valence-electron chi connectivity index (χ2n) is 4.56. The van der Waals surface area contributed by atoms with Gasteiger partial charge in [0.2, 0.25) is 0 Å². The van der Waals surface area contributed by atoms with Gasteiger partial charge in [0.1, 0.15) is 0 Å². The van der Waals surface area contributed by atoms with Crippen LogP contribution in [0, 0.1) is 0 Å². The smallest absolute Gasteiger partial charge is 0.317 e. The summed E-state index contributed by atoms with van der Waals surface area (Å²) in [6.07, 6.45) is 2.74. The molecule has 0 heterocycles. The van der Waals surface area contributed by atoms with Gasteiger partial charge in [-0.05, 0) is 12.8 Å². The highest BCUT2D eigenvalue weighted by Gasteiger charge is 2.39. The molecular formula is C10H17NO6S. The van der Waals surface area contributed by atoms with E-state index in [0.29, 0.717) is 19.3 Å². The van der Waals surface area contributed by atoms with E-state index in [1.807, 2.05) is 0 Å². The van der Waals surface area contributed by atoms with Crippen LogP contribution < -0.4 is 0 Å². The second kappa shape index (κ2) is 5.66. The van der Waals surface area contributed by atoms with Gasteiger partial charge in [-0.2, -0.15) is 0 Å². The number of carboxylic acids is 2. The summed E-state index contributed by atoms with van der Waals surface area (Å²) in [7, 11) is -3.30. The number of carboxylic acid groups (broad SMARTS) is 2. The zero-order valence-electron chi connectivity index (χ0n) is 10.1. The summed E-state index contributed by atoms with van der Waals surface area (Å²) in [4.78, 5) is 22.7. The van der Waals surface area contributed by atoms with Crippen LogP contribution in [0.5, 0.6) is 0 Å². The fourth-order valence-electron chi connectivity index (χ4n) is 2.46. The molecule has 0 amide bonds. The Kier molecular flexibility index (Phi) is 4.69. The van der Waals surface area contributed by atoms with Gasteiger partial charge in [0.05, 0.1) is 18.3 Å². The van der Waals surface area contributed by atoms with E-state index in [9.17, 15) is 18.0 Å². The summed E-state index contributed by atoms with van der Waals surface area (Å²) >= 11 is 0. The molecule has 1 rings (SSSR count). The van der Waals surface area contributed by atoms with Crippen LogP contribution in [0.4, 0.5) is 0 Å². The maximum atomic E-state index is 11.6. The highest BCUT2D eigenvalue weighted by Crippen LogP contribution is 2.29. The van der Waals surface area contributed by atoms with Crippen molar-refractivity contribution >= 4 is 21.8 Å². The van der Waals surface area contributed by atoms with Crippen molar-refractivity contribution < 1.29 is 28.2 Å². The van der Waals surface area contributed by atoms with Gasteiger partial charge in [0, 0.05) is 12.3 Å². The van der Waals surface area contributed by atoms with Crippen LogP contribution in [-0.4, -0.2) is 66.1 Å². The van der Waals surface area contributed by atoms with Crippen LogP contribution >= 0.6 is 0 Å². The summed E-state index contributed by atoms with van der Waals surface area (Å²) in [5.41, 5.74) is 0. The molecule has 7 nitrogen and oxygen atoms in total. The normalized spacial score (nSPS) is 24.3. The van der Waals surface area contributed by atoms with Crippen molar-refractivity contribution in [3.8, 4) is 0 Å². The highest BCUT2D eigenvalue weighted by molar-refractivity contribution is 7.91. The first kappa shape index (κ1) is 14.9. The third-order valence-electron chi connectivity index (χ3n) is 3.11. The standard InChI is InChI=1S/C10H17NO6S/c1-18(16,17)8-4-2-3-7(8)11(5-9(12)13)6-10(14)15/h7-8H,2-6H2,1H3,(H,12,13)(H,14,15). The summed E-state index contributed by atoms with van der Waals surface area (Å²) in [5.74, 6) is -2.31. The van der Waals surface area contributed by atoms with Gasteiger partial charge >= 0.3 is 11.9 Å². The lowest BCUT2D eigenvalue weighted by molar-refractivity contribution is -0.142. The zero-order chi connectivity index (χ0) is 13.9. The Labute approximate surface area is 105 Å². The molecule has 2 unspecified atom stereocenters. The molecule has 8 heteroatoms. The number of nitrogens with zero attached hydrogens (tertiary/aromatic N) is 1. The first-order valence-electron chi connectivity index (χ1n) is 5.58. The molecule has 104 valence electrons. The molecular weight excluding hydrogens is 262 g/mol. The highest BCUT2D eigenvalue weighted by atomic mass is 32.2. The molecule has 0 aromatic rings. The lowest BCUT2D eigenvalue weighted by atomic mass is 10.2. The first-order chi connectivity index (χ1) is 8.21. The van der Waals surface area contributed by atoms with Crippen LogP contribution in [0.1, 0.15) is 19.3 Å². The molecule has 0 aliphatic heterocycles. The largest absolute Gasteiger partial charge is 0.480 e. The number of rotatable bonds is 6. The Hall–Kier alpha value is -1.15. The molecule has 0 saturated heterocycles. The number of carbonyl (C=O) groups is 2. The lowest BCUT2D eigenvalue weighted by Crippen LogP contribution is -2.47. The Bertz CT molecular complexity index is 416. The average Bonchev–Trinajstić information content (AvgIpc) is 2.61. The van der Waals surface area contributed by atoms with Crippen LogP contribution in [0.25, 0.3) is 0 Å². The number of hydrogen-bond acceptors (Lipinski definition) is 5. The van der Waals surface area contributed by atoms with Crippen LogP contribution in [0.15, 0.2) is 0 Å². The maximum Gasteiger partial charge on any atom is 0.317 e. The van der Waals surface area contributed by atoms with Gasteiger partial charge in [-0.1, -0.05) is 6.42 Å². The predicted octanol–water partition coefficient (Wildman–Crippen LogP) is -0.577. The fraction of sp³-hybridized carbons (Fsp3) is 0.800. The molecule has 1 fully saturated rings. The third kappa shape index (κ3) is 3.95. The molecule has 0 aromatic carbocycles. The molecule has 1 saturated carbocycles. The molecule has 2 atom stereocenters. The molecule has 1 aliphatic carbocycles. The number of aliphatic carboxylic acids is 2. The van der Waals surface area contributed by atoms with E-state index < -0.39 is 46.2 Å². The Balaban J connectivity index is 2.89. The van der Waals surface area contributed by atoms with Crippen molar-refractivity contribution in [2.45, 2.75) is 30.6 Å². The third-order valence-corrected chi connectivity index (χ3v) is 4.76. The van der Waals surface area contributed by atoms with Gasteiger partial charge in [-0.25, -0.2) is 8.42 Å². The van der Waals surface area contributed by atoms with Crippen LogP contribution in [-0.2, 0) is 19.4 Å². The van der Waals surface area contributed by atoms with E-state index >= 15 is 0 Å². The van der Waals surface area contributed by atoms with Crippen molar-refractivity contribution in [1.82, 2.24) is 4.90 Å².